The molecule has 0 saturated heterocycles. The number of nitrogens with zero attached hydrogens (tertiary/aromatic N) is 1. The molecular formula is C12H14ClNO3. The zero-order chi connectivity index (χ0) is 12.8. The van der Waals surface area contributed by atoms with Crippen LogP contribution in [-0.2, 0) is 20.7 Å². The second-order valence-electron chi connectivity index (χ2n) is 3.63. The number of halogens is 1. The third kappa shape index (κ3) is 4.44. The number of benzene rings is 1. The van der Waals surface area contributed by atoms with Gasteiger partial charge in [-0.15, -0.1) is 0 Å². The van der Waals surface area contributed by atoms with Crippen LogP contribution in [0.25, 0.3) is 0 Å². The van der Waals surface area contributed by atoms with E-state index in [-0.39, 0.29) is 18.9 Å². The van der Waals surface area contributed by atoms with Crippen molar-refractivity contribution in [2.45, 2.75) is 6.42 Å². The number of esters is 1. The summed E-state index contributed by atoms with van der Waals surface area (Å²) in [6.07, 6.45) is 0.216. The van der Waals surface area contributed by atoms with Gasteiger partial charge in [-0.2, -0.15) is 0 Å². The van der Waals surface area contributed by atoms with Gasteiger partial charge in [-0.1, -0.05) is 23.7 Å². The number of ether oxygens (including phenoxy) is 1. The molecule has 0 spiro atoms. The molecule has 0 N–H and O–H groups in total. The Morgan fingerprint density at radius 3 is 2.71 bits per heavy atom. The van der Waals surface area contributed by atoms with Crippen LogP contribution in [0.3, 0.4) is 0 Å². The lowest BCUT2D eigenvalue weighted by molar-refractivity contribution is -0.145. The third-order valence-electron chi connectivity index (χ3n) is 2.26. The van der Waals surface area contributed by atoms with Gasteiger partial charge in [0, 0.05) is 12.1 Å². The molecule has 0 aliphatic rings. The molecule has 0 fully saturated rings. The van der Waals surface area contributed by atoms with Crippen LogP contribution in [0.2, 0.25) is 5.02 Å². The van der Waals surface area contributed by atoms with Crippen molar-refractivity contribution in [1.29, 1.82) is 0 Å². The number of hydrogen-bond donors (Lipinski definition) is 0. The van der Waals surface area contributed by atoms with Crippen molar-refractivity contribution in [3.05, 3.63) is 34.9 Å². The van der Waals surface area contributed by atoms with Gasteiger partial charge in [0.05, 0.1) is 13.5 Å². The summed E-state index contributed by atoms with van der Waals surface area (Å²) in [6, 6.07) is 7.07. The van der Waals surface area contributed by atoms with Gasteiger partial charge in [0.25, 0.3) is 0 Å². The maximum absolute atomic E-state index is 11.8. The first kappa shape index (κ1) is 13.5. The molecule has 0 saturated carbocycles. The zero-order valence-electron chi connectivity index (χ0n) is 9.77. The number of carbonyl (C=O) groups is 2. The van der Waals surface area contributed by atoms with Gasteiger partial charge >= 0.3 is 5.97 Å². The van der Waals surface area contributed by atoms with Gasteiger partial charge in [-0.25, -0.2) is 0 Å². The quantitative estimate of drug-likeness (QED) is 0.767. The first-order valence-electron chi connectivity index (χ1n) is 5.08. The van der Waals surface area contributed by atoms with E-state index in [2.05, 4.69) is 4.74 Å². The van der Waals surface area contributed by atoms with E-state index in [0.717, 1.165) is 5.56 Å². The van der Waals surface area contributed by atoms with Crippen LogP contribution in [0.1, 0.15) is 5.56 Å². The number of methoxy groups -OCH3 is 1. The predicted molar refractivity (Wildman–Crippen MR) is 64.8 cm³/mol. The second kappa shape index (κ2) is 6.25. The van der Waals surface area contributed by atoms with E-state index in [1.165, 1.54) is 12.0 Å². The summed E-state index contributed by atoms with van der Waals surface area (Å²) in [5.74, 6) is -0.593. The number of likely N-dealkylation sites (N-methyl/N-ethyl adjacent to an activating group) is 1. The molecule has 0 aliphatic carbocycles. The average Bonchev–Trinajstić information content (AvgIpc) is 2.28. The summed E-state index contributed by atoms with van der Waals surface area (Å²) < 4.78 is 4.49. The Morgan fingerprint density at radius 1 is 1.41 bits per heavy atom. The maximum atomic E-state index is 11.8. The van der Waals surface area contributed by atoms with Crippen molar-refractivity contribution in [2.24, 2.45) is 0 Å². The lowest BCUT2D eigenvalue weighted by atomic mass is 10.1. The van der Waals surface area contributed by atoms with Crippen LogP contribution in [-0.4, -0.2) is 37.5 Å². The van der Waals surface area contributed by atoms with Gasteiger partial charge in [-0.05, 0) is 17.7 Å². The van der Waals surface area contributed by atoms with Gasteiger partial charge < -0.3 is 9.64 Å². The van der Waals surface area contributed by atoms with Crippen LogP contribution < -0.4 is 0 Å². The molecule has 0 atom stereocenters. The Labute approximate surface area is 105 Å². The summed E-state index contributed by atoms with van der Waals surface area (Å²) in [7, 11) is 2.85. The minimum atomic E-state index is -0.438. The Morgan fingerprint density at radius 2 is 2.12 bits per heavy atom. The van der Waals surface area contributed by atoms with Crippen LogP contribution in [0.15, 0.2) is 24.3 Å². The normalized spacial score (nSPS) is 9.82. The fourth-order valence-electron chi connectivity index (χ4n) is 1.30. The van der Waals surface area contributed by atoms with Crippen molar-refractivity contribution in [3.63, 3.8) is 0 Å². The fourth-order valence-corrected chi connectivity index (χ4v) is 1.52. The van der Waals surface area contributed by atoms with E-state index in [1.807, 2.05) is 6.07 Å². The number of amides is 1. The molecule has 1 aromatic carbocycles. The van der Waals surface area contributed by atoms with Crippen molar-refractivity contribution in [1.82, 2.24) is 4.90 Å². The molecule has 0 aliphatic heterocycles. The molecule has 1 amide bonds. The van der Waals surface area contributed by atoms with Gasteiger partial charge in [0.1, 0.15) is 6.54 Å². The van der Waals surface area contributed by atoms with Crippen LogP contribution in [0.5, 0.6) is 0 Å². The van der Waals surface area contributed by atoms with Crippen LogP contribution >= 0.6 is 11.6 Å². The number of rotatable bonds is 4. The summed E-state index contributed by atoms with van der Waals surface area (Å²) in [6.45, 7) is -0.0457. The van der Waals surface area contributed by atoms with Crippen molar-refractivity contribution < 1.29 is 14.3 Å². The van der Waals surface area contributed by atoms with E-state index in [1.54, 1.807) is 25.2 Å². The highest BCUT2D eigenvalue weighted by atomic mass is 35.5. The Kier molecular flexibility index (Phi) is 4.97. The largest absolute Gasteiger partial charge is 0.468 e. The van der Waals surface area contributed by atoms with E-state index in [4.69, 9.17) is 11.6 Å². The topological polar surface area (TPSA) is 46.6 Å². The second-order valence-corrected chi connectivity index (χ2v) is 4.07. The minimum absolute atomic E-state index is 0.0457. The van der Waals surface area contributed by atoms with E-state index in [0.29, 0.717) is 5.02 Å². The predicted octanol–water partition coefficient (Wildman–Crippen LogP) is 1.51. The molecule has 0 aromatic heterocycles. The monoisotopic (exact) mass is 255 g/mol. The van der Waals surface area contributed by atoms with Gasteiger partial charge in [0.15, 0.2) is 0 Å². The van der Waals surface area contributed by atoms with Crippen molar-refractivity contribution in [3.8, 4) is 0 Å². The molecule has 4 nitrogen and oxygen atoms in total. The molecule has 92 valence electrons. The zero-order valence-corrected chi connectivity index (χ0v) is 10.5. The summed E-state index contributed by atoms with van der Waals surface area (Å²) in [5.41, 5.74) is 0.819. The number of hydrogen-bond acceptors (Lipinski definition) is 3. The van der Waals surface area contributed by atoms with Gasteiger partial charge in [-0.3, -0.25) is 9.59 Å². The highest BCUT2D eigenvalue weighted by Crippen LogP contribution is 2.11. The molecule has 1 aromatic rings. The smallest absolute Gasteiger partial charge is 0.325 e. The highest BCUT2D eigenvalue weighted by molar-refractivity contribution is 6.30. The summed E-state index contributed by atoms with van der Waals surface area (Å²) in [4.78, 5) is 24.1. The summed E-state index contributed by atoms with van der Waals surface area (Å²) in [5, 5.41) is 0.589. The summed E-state index contributed by atoms with van der Waals surface area (Å²) >= 11 is 5.82. The third-order valence-corrected chi connectivity index (χ3v) is 2.50. The molecule has 0 unspecified atom stereocenters. The SMILES string of the molecule is COC(=O)CN(C)C(=O)Cc1cccc(Cl)c1. The molecule has 17 heavy (non-hydrogen) atoms. The minimum Gasteiger partial charge on any atom is -0.468 e. The molecular weight excluding hydrogens is 242 g/mol. The van der Waals surface area contributed by atoms with E-state index in [9.17, 15) is 9.59 Å². The molecule has 5 heteroatoms. The maximum Gasteiger partial charge on any atom is 0.325 e. The fraction of sp³-hybridized carbons (Fsp3) is 0.333. The highest BCUT2D eigenvalue weighted by Gasteiger charge is 2.13. The first-order chi connectivity index (χ1) is 8.02. The van der Waals surface area contributed by atoms with E-state index < -0.39 is 5.97 Å². The molecule has 0 radical (unpaired) electrons. The molecule has 0 heterocycles. The Hall–Kier alpha value is -1.55. The Balaban J connectivity index is 2.57. The van der Waals surface area contributed by atoms with Crippen LogP contribution in [0, 0.1) is 0 Å². The number of carbonyl (C=O) groups excluding carboxylic acids is 2. The van der Waals surface area contributed by atoms with Gasteiger partial charge in [0.2, 0.25) is 5.91 Å². The lowest BCUT2D eigenvalue weighted by Crippen LogP contribution is -2.33. The van der Waals surface area contributed by atoms with Crippen molar-refractivity contribution >= 4 is 23.5 Å². The molecule has 1 rings (SSSR count). The molecule has 0 bridgehead atoms. The van der Waals surface area contributed by atoms with Crippen LogP contribution in [0.4, 0.5) is 0 Å². The van der Waals surface area contributed by atoms with Crippen molar-refractivity contribution in [2.75, 3.05) is 20.7 Å². The Bertz CT molecular complexity index is 420. The standard InChI is InChI=1S/C12H14ClNO3/c1-14(8-12(16)17-2)11(15)7-9-4-3-5-10(13)6-9/h3-6H,7-8H2,1-2H3. The lowest BCUT2D eigenvalue weighted by Gasteiger charge is -2.15. The average molecular weight is 256 g/mol. The first-order valence-corrected chi connectivity index (χ1v) is 5.46. The van der Waals surface area contributed by atoms with E-state index >= 15 is 0 Å².